The summed E-state index contributed by atoms with van der Waals surface area (Å²) in [6.45, 7) is 2.14. The van der Waals surface area contributed by atoms with Crippen molar-refractivity contribution in [1.82, 2.24) is 15.0 Å². The van der Waals surface area contributed by atoms with Crippen LogP contribution in [0.2, 0.25) is 0 Å². The number of hydrogen-bond acceptors (Lipinski definition) is 3. The van der Waals surface area contributed by atoms with E-state index >= 15 is 0 Å². The molecule has 0 bridgehead atoms. The fourth-order valence-corrected chi connectivity index (χ4v) is 1.54. The van der Waals surface area contributed by atoms with Crippen LogP contribution in [0, 0.1) is 0 Å². The molecule has 2 aromatic heterocycles. The number of aromatic amines is 1. The van der Waals surface area contributed by atoms with E-state index in [1.165, 1.54) is 0 Å². The molecule has 0 aliphatic heterocycles. The zero-order valence-electron chi connectivity index (χ0n) is 9.41. The number of aromatic nitrogens is 3. The Morgan fingerprint density at radius 2 is 2.07 bits per heavy atom. The number of H-pyrrole nitrogens is 1. The van der Waals surface area contributed by atoms with Gasteiger partial charge in [-0.2, -0.15) is 0 Å². The van der Waals surface area contributed by atoms with Gasteiger partial charge in [-0.15, -0.1) is 0 Å². The smallest absolute Gasteiger partial charge is 0.179 e. The molecular formula is C11H16N4. The molecule has 2 heterocycles. The fraction of sp³-hybridized carbons (Fsp3) is 0.455. The Morgan fingerprint density at radius 1 is 1.27 bits per heavy atom. The van der Waals surface area contributed by atoms with Gasteiger partial charge in [0.15, 0.2) is 5.65 Å². The quantitative estimate of drug-likeness (QED) is 0.831. The number of imidazole rings is 1. The summed E-state index contributed by atoms with van der Waals surface area (Å²) >= 11 is 0. The minimum atomic E-state index is 0.810. The molecule has 4 heteroatoms. The molecule has 0 spiro atoms. The van der Waals surface area contributed by atoms with Gasteiger partial charge in [0.2, 0.25) is 0 Å². The number of rotatable bonds is 3. The summed E-state index contributed by atoms with van der Waals surface area (Å²) in [6.07, 6.45) is 2.08. The molecule has 0 radical (unpaired) electrons. The van der Waals surface area contributed by atoms with Crippen LogP contribution in [-0.4, -0.2) is 29.0 Å². The summed E-state index contributed by atoms with van der Waals surface area (Å²) in [5, 5.41) is 0. The number of anilines is 1. The highest BCUT2D eigenvalue weighted by Crippen LogP contribution is 2.15. The Kier molecular flexibility index (Phi) is 2.58. The Morgan fingerprint density at radius 3 is 2.73 bits per heavy atom. The second-order valence-corrected chi connectivity index (χ2v) is 3.87. The van der Waals surface area contributed by atoms with Crippen LogP contribution in [0.15, 0.2) is 12.1 Å². The van der Waals surface area contributed by atoms with Crippen LogP contribution in [0.1, 0.15) is 19.2 Å². The molecule has 0 unspecified atom stereocenters. The fourth-order valence-electron chi connectivity index (χ4n) is 1.54. The van der Waals surface area contributed by atoms with Crippen molar-refractivity contribution in [3.8, 4) is 0 Å². The van der Waals surface area contributed by atoms with Gasteiger partial charge >= 0.3 is 0 Å². The molecule has 2 rings (SSSR count). The highest BCUT2D eigenvalue weighted by Gasteiger charge is 2.05. The number of pyridine rings is 1. The van der Waals surface area contributed by atoms with Crippen molar-refractivity contribution in [2.75, 3.05) is 19.0 Å². The molecule has 0 aliphatic carbocycles. The van der Waals surface area contributed by atoms with Crippen LogP contribution in [0.5, 0.6) is 0 Å². The Hall–Kier alpha value is -1.58. The topological polar surface area (TPSA) is 44.8 Å². The molecular weight excluding hydrogens is 188 g/mol. The molecule has 0 atom stereocenters. The van der Waals surface area contributed by atoms with Crippen molar-refractivity contribution < 1.29 is 0 Å². The largest absolute Gasteiger partial charge is 0.363 e. The minimum absolute atomic E-state index is 0.810. The lowest BCUT2D eigenvalue weighted by Crippen LogP contribution is -2.10. The van der Waals surface area contributed by atoms with Gasteiger partial charge in [0.25, 0.3) is 0 Å². The summed E-state index contributed by atoms with van der Waals surface area (Å²) in [4.78, 5) is 14.2. The van der Waals surface area contributed by atoms with Gasteiger partial charge in [0.05, 0.1) is 5.52 Å². The maximum absolute atomic E-state index is 4.46. The summed E-state index contributed by atoms with van der Waals surface area (Å²) in [7, 11) is 3.96. The predicted molar refractivity (Wildman–Crippen MR) is 62.2 cm³/mol. The molecule has 0 saturated carbocycles. The number of hydrogen-bond donors (Lipinski definition) is 1. The predicted octanol–water partition coefficient (Wildman–Crippen LogP) is 1.98. The Balaban J connectivity index is 2.43. The second-order valence-electron chi connectivity index (χ2n) is 3.87. The summed E-state index contributed by atoms with van der Waals surface area (Å²) in [6, 6.07) is 4.03. The Bertz CT molecular complexity index is 459. The Labute approximate surface area is 89.3 Å². The molecule has 0 fully saturated rings. The highest BCUT2D eigenvalue weighted by atomic mass is 15.1. The first kappa shape index (κ1) is 9.96. The van der Waals surface area contributed by atoms with Gasteiger partial charge in [-0.3, -0.25) is 0 Å². The lowest BCUT2D eigenvalue weighted by molar-refractivity contribution is 0.860. The first-order chi connectivity index (χ1) is 7.20. The summed E-state index contributed by atoms with van der Waals surface area (Å²) < 4.78 is 0. The van der Waals surface area contributed by atoms with Crippen molar-refractivity contribution in [3.63, 3.8) is 0 Å². The van der Waals surface area contributed by atoms with Crippen molar-refractivity contribution in [3.05, 3.63) is 18.0 Å². The summed E-state index contributed by atoms with van der Waals surface area (Å²) in [5.41, 5.74) is 1.83. The van der Waals surface area contributed by atoms with Gasteiger partial charge in [-0.1, -0.05) is 6.92 Å². The van der Waals surface area contributed by atoms with Crippen LogP contribution in [0.4, 0.5) is 5.82 Å². The van der Waals surface area contributed by atoms with Crippen LogP contribution < -0.4 is 4.90 Å². The molecule has 0 amide bonds. The van der Waals surface area contributed by atoms with Gasteiger partial charge < -0.3 is 9.88 Å². The van der Waals surface area contributed by atoms with Crippen molar-refractivity contribution in [1.29, 1.82) is 0 Å². The van der Waals surface area contributed by atoms with Gasteiger partial charge in [-0.25, -0.2) is 9.97 Å². The average Bonchev–Trinajstić information content (AvgIpc) is 2.59. The molecule has 2 aromatic rings. The van der Waals surface area contributed by atoms with Crippen molar-refractivity contribution >= 4 is 17.0 Å². The number of nitrogens with zero attached hydrogens (tertiary/aromatic N) is 3. The molecule has 1 N–H and O–H groups in total. The van der Waals surface area contributed by atoms with Crippen LogP contribution in [0.3, 0.4) is 0 Å². The van der Waals surface area contributed by atoms with E-state index in [0.29, 0.717) is 0 Å². The van der Waals surface area contributed by atoms with Crippen molar-refractivity contribution in [2.45, 2.75) is 19.8 Å². The zero-order chi connectivity index (χ0) is 10.8. The average molecular weight is 204 g/mol. The molecule has 0 aromatic carbocycles. The van der Waals surface area contributed by atoms with Crippen molar-refractivity contribution in [2.24, 2.45) is 0 Å². The molecule has 0 saturated heterocycles. The molecule has 15 heavy (non-hydrogen) atoms. The maximum atomic E-state index is 4.46. The normalized spacial score (nSPS) is 10.9. The van der Waals surface area contributed by atoms with E-state index in [1.54, 1.807) is 0 Å². The first-order valence-corrected chi connectivity index (χ1v) is 5.23. The standard InChI is InChI=1S/C11H16N4/c1-4-5-9-12-8-6-7-10(15(2)3)14-11(8)13-9/h6-7H,4-5H2,1-3H3,(H,12,13,14). The summed E-state index contributed by atoms with van der Waals surface area (Å²) in [5.74, 6) is 1.97. The van der Waals surface area contributed by atoms with E-state index in [1.807, 2.05) is 31.1 Å². The van der Waals surface area contributed by atoms with E-state index in [0.717, 1.165) is 35.6 Å². The monoisotopic (exact) mass is 204 g/mol. The van der Waals surface area contributed by atoms with E-state index in [2.05, 4.69) is 21.9 Å². The van der Waals surface area contributed by atoms with Crippen LogP contribution >= 0.6 is 0 Å². The van der Waals surface area contributed by atoms with E-state index in [4.69, 9.17) is 0 Å². The van der Waals surface area contributed by atoms with Gasteiger partial charge in [-0.05, 0) is 18.6 Å². The lowest BCUT2D eigenvalue weighted by atomic mass is 10.3. The number of fused-ring (bicyclic) bond motifs is 1. The van der Waals surface area contributed by atoms with E-state index in [-0.39, 0.29) is 0 Å². The highest BCUT2D eigenvalue weighted by molar-refractivity contribution is 5.73. The lowest BCUT2D eigenvalue weighted by Gasteiger charge is -2.09. The zero-order valence-corrected chi connectivity index (χ0v) is 9.41. The first-order valence-electron chi connectivity index (χ1n) is 5.23. The van der Waals surface area contributed by atoms with Crippen LogP contribution in [0.25, 0.3) is 11.2 Å². The third kappa shape index (κ3) is 1.93. The van der Waals surface area contributed by atoms with E-state index in [9.17, 15) is 0 Å². The SMILES string of the molecule is CCCc1nc2nc(N(C)C)ccc2[nH]1. The third-order valence-corrected chi connectivity index (χ3v) is 2.33. The van der Waals surface area contributed by atoms with Crippen LogP contribution in [-0.2, 0) is 6.42 Å². The molecule has 80 valence electrons. The molecule has 0 aliphatic rings. The number of nitrogens with one attached hydrogen (secondary N) is 1. The maximum Gasteiger partial charge on any atom is 0.179 e. The molecule has 4 nitrogen and oxygen atoms in total. The van der Waals surface area contributed by atoms with E-state index < -0.39 is 0 Å². The number of aryl methyl sites for hydroxylation is 1. The third-order valence-electron chi connectivity index (χ3n) is 2.33. The minimum Gasteiger partial charge on any atom is -0.363 e. The van der Waals surface area contributed by atoms with Gasteiger partial charge in [0, 0.05) is 20.5 Å². The second kappa shape index (κ2) is 3.88. The van der Waals surface area contributed by atoms with Gasteiger partial charge in [0.1, 0.15) is 11.6 Å².